The van der Waals surface area contributed by atoms with Crippen molar-refractivity contribution in [3.05, 3.63) is 64.7 Å². The van der Waals surface area contributed by atoms with Crippen LogP contribution < -0.4 is 22.6 Å². The lowest BCUT2D eigenvalue weighted by Crippen LogP contribution is -3.13. The van der Waals surface area contributed by atoms with Crippen molar-refractivity contribution in [1.82, 2.24) is 4.90 Å². The average molecular weight is 464 g/mol. The topological polar surface area (TPSA) is 53.9 Å². The van der Waals surface area contributed by atoms with Crippen LogP contribution in [0.15, 0.2) is 48.5 Å². The maximum atomic E-state index is 12.9. The van der Waals surface area contributed by atoms with Crippen molar-refractivity contribution in [3.8, 4) is 0 Å². The summed E-state index contributed by atoms with van der Waals surface area (Å²) in [6, 6.07) is 16.3. The number of amides is 2. The Bertz CT molecular complexity index is 868. The number of piperidine rings is 1. The number of hydrogen-bond acceptors (Lipinski definition) is 2. The molecule has 31 heavy (non-hydrogen) atoms. The van der Waals surface area contributed by atoms with Crippen LogP contribution in [-0.2, 0) is 11.2 Å². The number of rotatable bonds is 7. The van der Waals surface area contributed by atoms with Gasteiger partial charge >= 0.3 is 0 Å². The average Bonchev–Trinajstić information content (AvgIpc) is 2.79. The van der Waals surface area contributed by atoms with Crippen molar-refractivity contribution in [1.29, 1.82) is 0 Å². The van der Waals surface area contributed by atoms with Crippen LogP contribution in [0.4, 0.5) is 5.69 Å². The number of quaternary nitrogens is 1. The highest BCUT2D eigenvalue weighted by Gasteiger charge is 2.28. The summed E-state index contributed by atoms with van der Waals surface area (Å²) < 4.78 is 0. The molecule has 1 saturated heterocycles. The fourth-order valence-electron chi connectivity index (χ4n) is 3.94. The van der Waals surface area contributed by atoms with Gasteiger partial charge in [-0.3, -0.25) is 9.59 Å². The molecule has 2 aromatic rings. The van der Waals surface area contributed by atoms with E-state index in [9.17, 15) is 9.59 Å². The predicted molar refractivity (Wildman–Crippen MR) is 121 cm³/mol. The molecule has 1 aliphatic rings. The van der Waals surface area contributed by atoms with Gasteiger partial charge in [0.15, 0.2) is 0 Å². The highest BCUT2D eigenvalue weighted by molar-refractivity contribution is 6.34. The first-order valence-electron chi connectivity index (χ1n) is 10.7. The molecule has 3 rings (SSSR count). The van der Waals surface area contributed by atoms with Crippen LogP contribution in [0.1, 0.15) is 42.1 Å². The molecule has 1 heterocycles. The summed E-state index contributed by atoms with van der Waals surface area (Å²) in [5.74, 6) is -0.0948. The van der Waals surface area contributed by atoms with Gasteiger partial charge in [0.2, 0.25) is 5.91 Å². The lowest BCUT2D eigenvalue weighted by atomic mass is 10.0. The molecule has 168 valence electrons. The molecule has 0 bridgehead atoms. The van der Waals surface area contributed by atoms with E-state index >= 15 is 0 Å². The number of likely N-dealkylation sites (tertiary alicyclic amines) is 1. The van der Waals surface area contributed by atoms with Crippen molar-refractivity contribution in [2.45, 2.75) is 38.6 Å². The van der Waals surface area contributed by atoms with Gasteiger partial charge in [0.05, 0.1) is 30.3 Å². The number of anilines is 1. The Morgan fingerprint density at radius 3 is 2.42 bits per heavy atom. The lowest BCUT2D eigenvalue weighted by Gasteiger charge is -2.34. The van der Waals surface area contributed by atoms with Crippen molar-refractivity contribution in [2.24, 2.45) is 0 Å². The van der Waals surface area contributed by atoms with E-state index in [2.05, 4.69) is 42.7 Å². The van der Waals surface area contributed by atoms with Crippen molar-refractivity contribution < 1.29 is 26.9 Å². The minimum Gasteiger partial charge on any atom is -1.00 e. The maximum absolute atomic E-state index is 12.9. The van der Waals surface area contributed by atoms with E-state index in [0.717, 1.165) is 38.9 Å². The fourth-order valence-corrected chi connectivity index (χ4v) is 4.16. The van der Waals surface area contributed by atoms with Gasteiger partial charge in [-0.15, -0.1) is 0 Å². The van der Waals surface area contributed by atoms with Gasteiger partial charge in [0.1, 0.15) is 0 Å². The molecule has 1 fully saturated rings. The third-order valence-corrected chi connectivity index (χ3v) is 6.25. The Morgan fingerprint density at radius 2 is 1.81 bits per heavy atom. The van der Waals surface area contributed by atoms with E-state index in [1.165, 1.54) is 10.5 Å². The fraction of sp³-hybridized carbons (Fsp3) is 0.417. The van der Waals surface area contributed by atoms with E-state index in [1.807, 2.05) is 4.90 Å². The summed E-state index contributed by atoms with van der Waals surface area (Å²) in [4.78, 5) is 27.9. The maximum Gasteiger partial charge on any atom is 0.253 e. The third-order valence-electron chi connectivity index (χ3n) is 5.94. The van der Waals surface area contributed by atoms with Gasteiger partial charge in [0, 0.05) is 44.3 Å². The second kappa shape index (κ2) is 12.1. The summed E-state index contributed by atoms with van der Waals surface area (Å²) in [6.45, 7) is 4.41. The van der Waals surface area contributed by atoms with Crippen LogP contribution in [0.25, 0.3) is 0 Å². The Kier molecular flexibility index (Phi) is 9.82. The second-order valence-corrected chi connectivity index (χ2v) is 8.40. The SMILES string of the molecule is CCC(=O)Nc1ccc(C(=O)N2CCC([NH+](C)CCc3ccccc3)CC2)cc1Cl.[Cl-]. The number of carbonyl (C=O) groups is 2. The van der Waals surface area contributed by atoms with Crippen LogP contribution in [0.3, 0.4) is 0 Å². The molecule has 7 heteroatoms. The quantitative estimate of drug-likeness (QED) is 0.609. The summed E-state index contributed by atoms with van der Waals surface area (Å²) in [7, 11) is 2.26. The molecule has 0 aliphatic carbocycles. The zero-order chi connectivity index (χ0) is 21.5. The van der Waals surface area contributed by atoms with Crippen LogP contribution in [-0.4, -0.2) is 49.4 Å². The van der Waals surface area contributed by atoms with E-state index in [0.29, 0.717) is 28.7 Å². The first-order valence-corrected chi connectivity index (χ1v) is 11.1. The van der Waals surface area contributed by atoms with Crippen LogP contribution >= 0.6 is 11.6 Å². The molecule has 0 saturated carbocycles. The molecule has 5 nitrogen and oxygen atoms in total. The molecule has 0 radical (unpaired) electrons. The molecule has 2 aromatic carbocycles. The predicted octanol–water partition coefficient (Wildman–Crippen LogP) is 0.0545. The number of hydrogen-bond donors (Lipinski definition) is 2. The Balaban J connectivity index is 0.00000341. The lowest BCUT2D eigenvalue weighted by molar-refractivity contribution is -0.907. The van der Waals surface area contributed by atoms with Gasteiger partial charge in [-0.25, -0.2) is 0 Å². The summed E-state index contributed by atoms with van der Waals surface area (Å²) in [6.07, 6.45) is 3.47. The highest BCUT2D eigenvalue weighted by Crippen LogP contribution is 2.24. The molecular formula is C24H31Cl2N3O2. The van der Waals surface area contributed by atoms with Gasteiger partial charge in [-0.05, 0) is 23.8 Å². The Morgan fingerprint density at radius 1 is 1.13 bits per heavy atom. The second-order valence-electron chi connectivity index (χ2n) is 7.99. The molecule has 2 amide bonds. The number of likely N-dealkylation sites (N-methyl/N-ethyl adjacent to an activating group) is 1. The monoisotopic (exact) mass is 463 g/mol. The highest BCUT2D eigenvalue weighted by atomic mass is 35.5. The van der Waals surface area contributed by atoms with E-state index in [1.54, 1.807) is 25.1 Å². The summed E-state index contributed by atoms with van der Waals surface area (Å²) >= 11 is 6.27. The molecule has 1 aliphatic heterocycles. The molecule has 0 spiro atoms. The standard InChI is InChI=1S/C24H30ClN3O2.ClH/c1-3-23(29)26-22-10-9-19(17-21(22)25)24(30)28-15-12-20(13-16-28)27(2)14-11-18-7-5-4-6-8-18;/h4-10,17,20H,3,11-16H2,1-2H3,(H,26,29);1H. The normalized spacial score (nSPS) is 15.1. The van der Waals surface area contributed by atoms with Crippen molar-refractivity contribution in [3.63, 3.8) is 0 Å². The Hall–Kier alpha value is -2.08. The van der Waals surface area contributed by atoms with Gasteiger partial charge in [0.25, 0.3) is 5.91 Å². The number of benzene rings is 2. The molecule has 1 atom stereocenters. The largest absolute Gasteiger partial charge is 1.00 e. The zero-order valence-electron chi connectivity index (χ0n) is 18.2. The molecular weight excluding hydrogens is 433 g/mol. The first kappa shape index (κ1) is 25.2. The van der Waals surface area contributed by atoms with Gasteiger partial charge < -0.3 is 27.5 Å². The van der Waals surface area contributed by atoms with Crippen molar-refractivity contribution in [2.75, 3.05) is 32.0 Å². The number of nitrogens with zero attached hydrogens (tertiary/aromatic N) is 1. The molecule has 1 unspecified atom stereocenters. The van der Waals surface area contributed by atoms with E-state index in [-0.39, 0.29) is 24.2 Å². The van der Waals surface area contributed by atoms with Gasteiger partial charge in [-0.1, -0.05) is 48.9 Å². The smallest absolute Gasteiger partial charge is 0.253 e. The zero-order valence-corrected chi connectivity index (χ0v) is 19.7. The summed E-state index contributed by atoms with van der Waals surface area (Å²) in [5.41, 5.74) is 2.49. The molecule has 2 N–H and O–H groups in total. The van der Waals surface area contributed by atoms with Crippen LogP contribution in [0.2, 0.25) is 5.02 Å². The minimum absolute atomic E-state index is 0. The minimum atomic E-state index is -0.100. The van der Waals surface area contributed by atoms with Crippen LogP contribution in [0, 0.1) is 0 Å². The van der Waals surface area contributed by atoms with E-state index in [4.69, 9.17) is 11.6 Å². The van der Waals surface area contributed by atoms with E-state index < -0.39 is 0 Å². The Labute approximate surface area is 196 Å². The summed E-state index contributed by atoms with van der Waals surface area (Å²) in [5, 5.41) is 3.14. The van der Waals surface area contributed by atoms with Gasteiger partial charge in [-0.2, -0.15) is 0 Å². The molecule has 0 aromatic heterocycles. The first-order chi connectivity index (χ1) is 14.5. The number of carbonyl (C=O) groups excluding carboxylic acids is 2. The van der Waals surface area contributed by atoms with Crippen molar-refractivity contribution >= 4 is 29.1 Å². The van der Waals surface area contributed by atoms with Crippen LogP contribution in [0.5, 0.6) is 0 Å². The third kappa shape index (κ3) is 6.96. The number of halogens is 2. The number of nitrogens with one attached hydrogen (secondary N) is 2.